The van der Waals surface area contributed by atoms with Gasteiger partial charge in [-0.2, -0.15) is 0 Å². The molecule has 0 spiro atoms. The van der Waals surface area contributed by atoms with Gasteiger partial charge in [-0.05, 0) is 62.3 Å². The number of amides is 1. The predicted molar refractivity (Wildman–Crippen MR) is 133 cm³/mol. The Balaban J connectivity index is 1.32. The highest BCUT2D eigenvalue weighted by Crippen LogP contribution is 2.47. The van der Waals surface area contributed by atoms with Crippen molar-refractivity contribution in [3.8, 4) is 5.75 Å². The third-order valence-electron chi connectivity index (χ3n) is 7.21. The molecule has 2 aliphatic rings. The molecular formula is C29H32N2O2. The lowest BCUT2D eigenvalue weighted by Gasteiger charge is -2.32. The van der Waals surface area contributed by atoms with Crippen LogP contribution < -0.4 is 4.74 Å². The normalized spacial score (nSPS) is 18.1. The average molecular weight is 441 g/mol. The van der Waals surface area contributed by atoms with Crippen molar-refractivity contribution in [2.75, 3.05) is 13.1 Å². The molecule has 2 heterocycles. The molecule has 1 amide bonds. The van der Waals surface area contributed by atoms with Crippen molar-refractivity contribution in [3.63, 3.8) is 0 Å². The van der Waals surface area contributed by atoms with E-state index in [1.165, 1.54) is 0 Å². The number of rotatable bonds is 6. The number of likely N-dealkylation sites (tertiary alicyclic amines) is 1. The maximum atomic E-state index is 12.6. The fourth-order valence-electron chi connectivity index (χ4n) is 4.68. The second kappa shape index (κ2) is 9.01. The van der Waals surface area contributed by atoms with Gasteiger partial charge in [-0.3, -0.25) is 4.79 Å². The van der Waals surface area contributed by atoms with Crippen LogP contribution in [0.15, 0.2) is 60.7 Å². The molecule has 1 aliphatic heterocycles. The molecule has 0 bridgehead atoms. The van der Waals surface area contributed by atoms with E-state index in [-0.39, 0.29) is 5.41 Å². The Labute approximate surface area is 196 Å². The van der Waals surface area contributed by atoms with E-state index in [1.807, 2.05) is 36.4 Å². The summed E-state index contributed by atoms with van der Waals surface area (Å²) in [4.78, 5) is 19.6. The molecule has 3 aromatic rings. The number of hydrogen-bond donors (Lipinski definition) is 0. The average Bonchev–Trinajstić information content (AvgIpc) is 3.61. The minimum atomic E-state index is -0.0645. The maximum absolute atomic E-state index is 12.6. The van der Waals surface area contributed by atoms with Crippen LogP contribution in [0, 0.1) is 18.3 Å². The summed E-state index contributed by atoms with van der Waals surface area (Å²) < 4.78 is 6.33. The molecule has 0 atom stereocenters. The standard InChI is InChI=1S/C29H32N2O2/c1-21-25(13-12-22-14-18-31(19-15-22)28(32)29(2)16-17-29)30-26-11-7-6-10-24(26)27(21)33-20-23-8-4-3-5-9-23/h3-13,22H,14-20H2,1-2H3. The Morgan fingerprint density at radius 2 is 1.79 bits per heavy atom. The summed E-state index contributed by atoms with van der Waals surface area (Å²) in [5.41, 5.74) is 4.06. The van der Waals surface area contributed by atoms with Crippen molar-refractivity contribution < 1.29 is 9.53 Å². The highest BCUT2D eigenvalue weighted by molar-refractivity contribution is 5.88. The van der Waals surface area contributed by atoms with Crippen molar-refractivity contribution >= 4 is 22.9 Å². The van der Waals surface area contributed by atoms with Crippen LogP contribution >= 0.6 is 0 Å². The molecule has 170 valence electrons. The summed E-state index contributed by atoms with van der Waals surface area (Å²) in [6, 6.07) is 18.4. The van der Waals surface area contributed by atoms with Crippen molar-refractivity contribution in [2.24, 2.45) is 11.3 Å². The molecule has 0 unspecified atom stereocenters. The lowest BCUT2D eigenvalue weighted by molar-refractivity contribution is -0.137. The first-order chi connectivity index (χ1) is 16.0. The Bertz CT molecular complexity index is 1170. The van der Waals surface area contributed by atoms with Crippen LogP contribution in [0.1, 0.15) is 49.4 Å². The summed E-state index contributed by atoms with van der Waals surface area (Å²) in [5.74, 6) is 1.74. The van der Waals surface area contributed by atoms with Crippen molar-refractivity contribution in [2.45, 2.75) is 46.1 Å². The van der Waals surface area contributed by atoms with Gasteiger partial charge in [0.15, 0.2) is 0 Å². The number of ether oxygens (including phenoxy) is 1. The molecule has 4 heteroatoms. The maximum Gasteiger partial charge on any atom is 0.228 e. The molecule has 1 saturated heterocycles. The third kappa shape index (κ3) is 4.66. The molecule has 33 heavy (non-hydrogen) atoms. The SMILES string of the molecule is Cc1c(C=CC2CCN(C(=O)C3(C)CC3)CC2)nc2ccccc2c1OCc1ccccc1. The van der Waals surface area contributed by atoms with E-state index in [0.717, 1.165) is 72.2 Å². The summed E-state index contributed by atoms with van der Waals surface area (Å²) in [5, 5.41) is 1.04. The Morgan fingerprint density at radius 3 is 2.52 bits per heavy atom. The van der Waals surface area contributed by atoms with Crippen molar-refractivity contribution in [3.05, 3.63) is 77.5 Å². The molecule has 2 aromatic carbocycles. The van der Waals surface area contributed by atoms with E-state index < -0.39 is 0 Å². The number of carbonyl (C=O) groups excluding carboxylic acids is 1. The van der Waals surface area contributed by atoms with Crippen LogP contribution in [0.2, 0.25) is 0 Å². The van der Waals surface area contributed by atoms with Crippen LogP contribution in [-0.4, -0.2) is 28.9 Å². The van der Waals surface area contributed by atoms with E-state index >= 15 is 0 Å². The van der Waals surface area contributed by atoms with E-state index in [9.17, 15) is 4.79 Å². The van der Waals surface area contributed by atoms with Crippen LogP contribution in [-0.2, 0) is 11.4 Å². The minimum absolute atomic E-state index is 0.0645. The topological polar surface area (TPSA) is 42.4 Å². The second-order valence-corrected chi connectivity index (χ2v) is 9.79. The number of fused-ring (bicyclic) bond motifs is 1. The Morgan fingerprint density at radius 1 is 1.09 bits per heavy atom. The van der Waals surface area contributed by atoms with Gasteiger partial charge in [0.2, 0.25) is 5.91 Å². The number of allylic oxidation sites excluding steroid dienone is 1. The summed E-state index contributed by atoms with van der Waals surface area (Å²) in [7, 11) is 0. The first kappa shape index (κ1) is 21.7. The van der Waals surface area contributed by atoms with E-state index in [2.05, 4.69) is 49.1 Å². The molecule has 2 fully saturated rings. The monoisotopic (exact) mass is 440 g/mol. The molecule has 1 aromatic heterocycles. The van der Waals surface area contributed by atoms with Gasteiger partial charge in [-0.25, -0.2) is 4.98 Å². The Kier molecular flexibility index (Phi) is 5.92. The first-order valence-electron chi connectivity index (χ1n) is 12.1. The van der Waals surface area contributed by atoms with E-state index in [4.69, 9.17) is 9.72 Å². The number of aromatic nitrogens is 1. The largest absolute Gasteiger partial charge is 0.488 e. The number of piperidine rings is 1. The van der Waals surface area contributed by atoms with E-state index in [0.29, 0.717) is 18.4 Å². The molecule has 0 N–H and O–H groups in total. The highest BCUT2D eigenvalue weighted by Gasteiger charge is 2.47. The third-order valence-corrected chi connectivity index (χ3v) is 7.21. The summed E-state index contributed by atoms with van der Waals surface area (Å²) in [6.45, 7) is 6.45. The zero-order chi connectivity index (χ0) is 22.8. The van der Waals surface area contributed by atoms with Gasteiger partial charge in [-0.15, -0.1) is 0 Å². The second-order valence-electron chi connectivity index (χ2n) is 9.79. The summed E-state index contributed by atoms with van der Waals surface area (Å²) >= 11 is 0. The van der Waals surface area contributed by atoms with Gasteiger partial charge in [0.25, 0.3) is 0 Å². The zero-order valence-electron chi connectivity index (χ0n) is 19.6. The number of carbonyl (C=O) groups is 1. The number of benzene rings is 2. The van der Waals surface area contributed by atoms with Gasteiger partial charge < -0.3 is 9.64 Å². The van der Waals surface area contributed by atoms with Crippen LogP contribution in [0.4, 0.5) is 0 Å². The molecule has 0 radical (unpaired) electrons. The quantitative estimate of drug-likeness (QED) is 0.460. The lowest BCUT2D eigenvalue weighted by Crippen LogP contribution is -2.41. The molecular weight excluding hydrogens is 408 g/mol. The fourth-order valence-corrected chi connectivity index (χ4v) is 4.68. The van der Waals surface area contributed by atoms with Gasteiger partial charge in [-0.1, -0.05) is 55.5 Å². The Hall–Kier alpha value is -3.14. The molecule has 4 nitrogen and oxygen atoms in total. The minimum Gasteiger partial charge on any atom is -0.488 e. The number of hydrogen-bond acceptors (Lipinski definition) is 3. The molecule has 5 rings (SSSR count). The van der Waals surface area contributed by atoms with Crippen molar-refractivity contribution in [1.29, 1.82) is 0 Å². The number of pyridine rings is 1. The fraction of sp³-hybridized carbons (Fsp3) is 0.379. The van der Waals surface area contributed by atoms with Crippen LogP contribution in [0.3, 0.4) is 0 Å². The van der Waals surface area contributed by atoms with Gasteiger partial charge in [0.05, 0.1) is 11.2 Å². The number of nitrogens with zero attached hydrogens (tertiary/aromatic N) is 2. The van der Waals surface area contributed by atoms with Gasteiger partial charge in [0, 0.05) is 29.5 Å². The van der Waals surface area contributed by atoms with Gasteiger partial charge >= 0.3 is 0 Å². The number of para-hydroxylation sites is 1. The lowest BCUT2D eigenvalue weighted by atomic mass is 9.94. The smallest absolute Gasteiger partial charge is 0.228 e. The summed E-state index contributed by atoms with van der Waals surface area (Å²) in [6.07, 6.45) is 8.57. The predicted octanol–water partition coefficient (Wildman–Crippen LogP) is 6.17. The van der Waals surface area contributed by atoms with E-state index in [1.54, 1.807) is 0 Å². The highest BCUT2D eigenvalue weighted by atomic mass is 16.5. The van der Waals surface area contributed by atoms with Crippen molar-refractivity contribution in [1.82, 2.24) is 9.88 Å². The van der Waals surface area contributed by atoms with Crippen LogP contribution in [0.25, 0.3) is 17.0 Å². The van der Waals surface area contributed by atoms with Gasteiger partial charge in [0.1, 0.15) is 12.4 Å². The first-order valence-corrected chi connectivity index (χ1v) is 12.1. The zero-order valence-corrected chi connectivity index (χ0v) is 19.6. The van der Waals surface area contributed by atoms with Crippen LogP contribution in [0.5, 0.6) is 5.75 Å². The molecule has 1 aliphatic carbocycles. The molecule has 1 saturated carbocycles.